The van der Waals surface area contributed by atoms with Crippen LogP contribution in [0.2, 0.25) is 0 Å². The molecule has 2 nitrogen and oxygen atoms in total. The molecule has 5 heteroatoms. The van der Waals surface area contributed by atoms with Crippen molar-refractivity contribution in [2.75, 3.05) is 5.73 Å². The summed E-state index contributed by atoms with van der Waals surface area (Å²) < 4.78 is 44.4. The molecule has 0 unspecified atom stereocenters. The number of halogens is 3. The SMILES string of the molecule is CC(C)c1cccc(Oc2ccc(N)cc2C(F)(F)F)c1. The van der Waals surface area contributed by atoms with Crippen LogP contribution in [0.1, 0.15) is 30.9 Å². The van der Waals surface area contributed by atoms with Crippen molar-refractivity contribution in [3.05, 3.63) is 53.6 Å². The molecule has 0 saturated carbocycles. The maximum atomic E-state index is 13.0. The Morgan fingerprint density at radius 3 is 2.38 bits per heavy atom. The lowest BCUT2D eigenvalue weighted by Crippen LogP contribution is -2.08. The van der Waals surface area contributed by atoms with Gasteiger partial charge in [0, 0.05) is 5.69 Å². The van der Waals surface area contributed by atoms with Gasteiger partial charge in [0.2, 0.25) is 0 Å². The number of anilines is 1. The molecule has 0 aliphatic rings. The summed E-state index contributed by atoms with van der Waals surface area (Å²) in [5, 5.41) is 0. The molecule has 0 bridgehead atoms. The summed E-state index contributed by atoms with van der Waals surface area (Å²) in [6.07, 6.45) is -4.51. The Hall–Kier alpha value is -2.17. The smallest absolute Gasteiger partial charge is 0.420 e. The quantitative estimate of drug-likeness (QED) is 0.789. The summed E-state index contributed by atoms with van der Waals surface area (Å²) in [7, 11) is 0. The zero-order valence-electron chi connectivity index (χ0n) is 11.7. The largest absolute Gasteiger partial charge is 0.457 e. The molecule has 0 radical (unpaired) electrons. The molecule has 0 aromatic heterocycles. The first kappa shape index (κ1) is 15.2. The van der Waals surface area contributed by atoms with Crippen LogP contribution in [0.5, 0.6) is 11.5 Å². The van der Waals surface area contributed by atoms with Crippen LogP contribution in [0.4, 0.5) is 18.9 Å². The van der Waals surface area contributed by atoms with E-state index in [1.165, 1.54) is 12.1 Å². The Balaban J connectivity index is 2.38. The molecule has 0 heterocycles. The number of nitrogens with two attached hydrogens (primary N) is 1. The molecule has 0 aliphatic heterocycles. The highest BCUT2D eigenvalue weighted by atomic mass is 19.4. The van der Waals surface area contributed by atoms with Crippen LogP contribution in [0.25, 0.3) is 0 Å². The van der Waals surface area contributed by atoms with E-state index in [-0.39, 0.29) is 17.4 Å². The van der Waals surface area contributed by atoms with Gasteiger partial charge in [0.15, 0.2) is 0 Å². The second-order valence-corrected chi connectivity index (χ2v) is 5.08. The molecule has 2 rings (SSSR count). The van der Waals surface area contributed by atoms with Crippen molar-refractivity contribution in [2.24, 2.45) is 0 Å². The predicted molar refractivity (Wildman–Crippen MR) is 76.5 cm³/mol. The van der Waals surface area contributed by atoms with Crippen LogP contribution in [-0.2, 0) is 6.18 Å². The molecule has 0 fully saturated rings. The predicted octanol–water partition coefficient (Wildman–Crippen LogP) is 5.20. The summed E-state index contributed by atoms with van der Waals surface area (Å²) in [6, 6.07) is 10.5. The monoisotopic (exact) mass is 295 g/mol. The summed E-state index contributed by atoms with van der Waals surface area (Å²) in [5.74, 6) is 0.385. The van der Waals surface area contributed by atoms with Crippen LogP contribution in [0.3, 0.4) is 0 Å². The lowest BCUT2D eigenvalue weighted by Gasteiger charge is -2.15. The van der Waals surface area contributed by atoms with Crippen LogP contribution in [0.15, 0.2) is 42.5 Å². The van der Waals surface area contributed by atoms with E-state index in [1.807, 2.05) is 19.9 Å². The zero-order valence-corrected chi connectivity index (χ0v) is 11.7. The molecule has 2 aromatic carbocycles. The lowest BCUT2D eigenvalue weighted by molar-refractivity contribution is -0.138. The molecule has 112 valence electrons. The van der Waals surface area contributed by atoms with Crippen LogP contribution >= 0.6 is 0 Å². The topological polar surface area (TPSA) is 35.2 Å². The molecule has 0 spiro atoms. The van der Waals surface area contributed by atoms with Crippen molar-refractivity contribution in [1.29, 1.82) is 0 Å². The van der Waals surface area contributed by atoms with Gasteiger partial charge >= 0.3 is 6.18 Å². The average molecular weight is 295 g/mol. The maximum Gasteiger partial charge on any atom is 0.420 e. The van der Waals surface area contributed by atoms with E-state index in [9.17, 15) is 13.2 Å². The Bertz CT molecular complexity index is 636. The van der Waals surface area contributed by atoms with Crippen molar-refractivity contribution >= 4 is 5.69 Å². The molecule has 0 amide bonds. The number of benzene rings is 2. The number of rotatable bonds is 3. The summed E-state index contributed by atoms with van der Waals surface area (Å²) in [6.45, 7) is 4.01. The second kappa shape index (κ2) is 5.68. The van der Waals surface area contributed by atoms with Gasteiger partial charge in [-0.05, 0) is 41.8 Å². The third-order valence-electron chi connectivity index (χ3n) is 3.06. The molecule has 0 saturated heterocycles. The van der Waals surface area contributed by atoms with Gasteiger partial charge in [-0.15, -0.1) is 0 Å². The molecular formula is C16H16F3NO. The first-order valence-corrected chi connectivity index (χ1v) is 6.52. The summed E-state index contributed by atoms with van der Waals surface area (Å²) in [4.78, 5) is 0. The van der Waals surface area contributed by atoms with Crippen molar-refractivity contribution in [1.82, 2.24) is 0 Å². The van der Waals surface area contributed by atoms with E-state index in [2.05, 4.69) is 0 Å². The fraction of sp³-hybridized carbons (Fsp3) is 0.250. The van der Waals surface area contributed by atoms with E-state index in [0.717, 1.165) is 11.6 Å². The minimum atomic E-state index is -4.51. The van der Waals surface area contributed by atoms with Gasteiger partial charge in [0.25, 0.3) is 0 Å². The van der Waals surface area contributed by atoms with Crippen LogP contribution in [-0.4, -0.2) is 0 Å². The van der Waals surface area contributed by atoms with Gasteiger partial charge in [0.1, 0.15) is 17.1 Å². The minimum absolute atomic E-state index is 0.0469. The Morgan fingerprint density at radius 2 is 1.76 bits per heavy atom. The zero-order chi connectivity index (χ0) is 15.6. The molecule has 21 heavy (non-hydrogen) atoms. The Kier molecular flexibility index (Phi) is 4.11. The minimum Gasteiger partial charge on any atom is -0.457 e. The van der Waals surface area contributed by atoms with Gasteiger partial charge in [-0.25, -0.2) is 0 Å². The fourth-order valence-electron chi connectivity index (χ4n) is 1.92. The first-order chi connectivity index (χ1) is 9.77. The highest BCUT2D eigenvalue weighted by Gasteiger charge is 2.34. The third-order valence-corrected chi connectivity index (χ3v) is 3.06. The Labute approximate surface area is 121 Å². The molecule has 2 aromatic rings. The lowest BCUT2D eigenvalue weighted by atomic mass is 10.0. The Morgan fingerprint density at radius 1 is 1.05 bits per heavy atom. The molecular weight excluding hydrogens is 279 g/mol. The molecule has 2 N–H and O–H groups in total. The standard InChI is InChI=1S/C16H16F3NO/c1-10(2)11-4-3-5-13(8-11)21-15-7-6-12(20)9-14(15)16(17,18)19/h3-10H,20H2,1-2H3. The van der Waals surface area contributed by atoms with Gasteiger partial charge in [-0.2, -0.15) is 13.2 Å². The number of hydrogen-bond acceptors (Lipinski definition) is 2. The van der Waals surface area contributed by atoms with Crippen molar-refractivity contribution < 1.29 is 17.9 Å². The van der Waals surface area contributed by atoms with Gasteiger partial charge in [-0.3, -0.25) is 0 Å². The van der Waals surface area contributed by atoms with Gasteiger partial charge in [0.05, 0.1) is 0 Å². The second-order valence-electron chi connectivity index (χ2n) is 5.08. The van der Waals surface area contributed by atoms with Crippen molar-refractivity contribution in [3.63, 3.8) is 0 Å². The molecule has 0 atom stereocenters. The summed E-state index contributed by atoms with van der Waals surface area (Å²) >= 11 is 0. The fourth-order valence-corrected chi connectivity index (χ4v) is 1.92. The molecule has 0 aliphatic carbocycles. The van der Waals surface area contributed by atoms with E-state index >= 15 is 0 Å². The maximum absolute atomic E-state index is 13.0. The average Bonchev–Trinajstić information content (AvgIpc) is 2.40. The number of ether oxygens (including phenoxy) is 1. The van der Waals surface area contributed by atoms with Gasteiger partial charge < -0.3 is 10.5 Å². The first-order valence-electron chi connectivity index (χ1n) is 6.52. The number of nitrogen functional groups attached to an aromatic ring is 1. The van der Waals surface area contributed by atoms with Crippen LogP contribution < -0.4 is 10.5 Å². The number of alkyl halides is 3. The van der Waals surface area contributed by atoms with Gasteiger partial charge in [-0.1, -0.05) is 26.0 Å². The third kappa shape index (κ3) is 3.68. The van der Waals surface area contributed by atoms with Crippen molar-refractivity contribution in [2.45, 2.75) is 25.9 Å². The highest BCUT2D eigenvalue weighted by molar-refractivity contribution is 5.50. The number of hydrogen-bond donors (Lipinski definition) is 1. The summed E-state index contributed by atoms with van der Waals surface area (Å²) in [5.41, 5.74) is 5.59. The highest BCUT2D eigenvalue weighted by Crippen LogP contribution is 2.39. The van der Waals surface area contributed by atoms with E-state index < -0.39 is 11.7 Å². The normalized spacial score (nSPS) is 11.7. The van der Waals surface area contributed by atoms with E-state index in [4.69, 9.17) is 10.5 Å². The van der Waals surface area contributed by atoms with Crippen molar-refractivity contribution in [3.8, 4) is 11.5 Å². The van der Waals surface area contributed by atoms with E-state index in [1.54, 1.807) is 18.2 Å². The van der Waals surface area contributed by atoms with Crippen LogP contribution in [0, 0.1) is 0 Å². The van der Waals surface area contributed by atoms with E-state index in [0.29, 0.717) is 5.75 Å².